The summed E-state index contributed by atoms with van der Waals surface area (Å²) in [6.45, 7) is 4.82. The van der Waals surface area contributed by atoms with Gasteiger partial charge in [0.2, 0.25) is 0 Å². The minimum atomic E-state index is -0.819. The Bertz CT molecular complexity index is 637. The molecule has 0 fully saturated rings. The molecule has 2 aromatic carbocycles. The topological polar surface area (TPSA) is 55.8 Å². The van der Waals surface area contributed by atoms with Gasteiger partial charge < -0.3 is 14.6 Å². The molecule has 2 aromatic rings. The van der Waals surface area contributed by atoms with E-state index < -0.39 is 5.97 Å². The molecule has 0 aliphatic rings. The number of rotatable bonds is 8. The Morgan fingerprint density at radius 1 is 1.13 bits per heavy atom. The molecule has 0 aliphatic carbocycles. The molecule has 1 N–H and O–H groups in total. The standard InChI is InChI=1S/C19H22O4/c1-3-22-16-9-10-17(14(2)11-19(20)21)18(12-16)23-13-15-7-5-4-6-8-15/h4-10,12,14H,3,11,13H2,1-2H3,(H,20,21). The van der Waals surface area contributed by atoms with Gasteiger partial charge in [0.1, 0.15) is 18.1 Å². The van der Waals surface area contributed by atoms with Gasteiger partial charge >= 0.3 is 5.97 Å². The van der Waals surface area contributed by atoms with Gasteiger partial charge in [0.25, 0.3) is 0 Å². The minimum Gasteiger partial charge on any atom is -0.494 e. The first-order valence-corrected chi connectivity index (χ1v) is 7.75. The molecule has 0 saturated heterocycles. The summed E-state index contributed by atoms with van der Waals surface area (Å²) in [6, 6.07) is 15.4. The van der Waals surface area contributed by atoms with Crippen LogP contribution in [0, 0.1) is 0 Å². The van der Waals surface area contributed by atoms with Gasteiger partial charge in [0.05, 0.1) is 13.0 Å². The van der Waals surface area contributed by atoms with Crippen LogP contribution in [0.1, 0.15) is 37.3 Å². The molecule has 4 nitrogen and oxygen atoms in total. The maximum absolute atomic E-state index is 11.0. The van der Waals surface area contributed by atoms with Crippen LogP contribution in [0.2, 0.25) is 0 Å². The third-order valence-corrected chi connectivity index (χ3v) is 3.54. The zero-order valence-electron chi connectivity index (χ0n) is 13.5. The van der Waals surface area contributed by atoms with E-state index in [1.54, 1.807) is 0 Å². The summed E-state index contributed by atoms with van der Waals surface area (Å²) in [7, 11) is 0. The fraction of sp³-hybridized carbons (Fsp3) is 0.316. The van der Waals surface area contributed by atoms with Crippen LogP contribution in [0.5, 0.6) is 11.5 Å². The van der Waals surface area contributed by atoms with Crippen molar-refractivity contribution in [3.8, 4) is 11.5 Å². The fourth-order valence-electron chi connectivity index (χ4n) is 2.41. The third-order valence-electron chi connectivity index (χ3n) is 3.54. The molecule has 0 saturated carbocycles. The highest BCUT2D eigenvalue weighted by atomic mass is 16.5. The van der Waals surface area contributed by atoms with Crippen LogP contribution in [-0.4, -0.2) is 17.7 Å². The van der Waals surface area contributed by atoms with Gasteiger partial charge in [-0.15, -0.1) is 0 Å². The molecule has 0 amide bonds. The summed E-state index contributed by atoms with van der Waals surface area (Å²) in [6.07, 6.45) is 0.0652. The van der Waals surface area contributed by atoms with Gasteiger partial charge in [-0.25, -0.2) is 0 Å². The van der Waals surface area contributed by atoms with E-state index in [0.717, 1.165) is 16.9 Å². The van der Waals surface area contributed by atoms with E-state index in [-0.39, 0.29) is 12.3 Å². The monoisotopic (exact) mass is 314 g/mol. The Balaban J connectivity index is 2.21. The highest BCUT2D eigenvalue weighted by Crippen LogP contribution is 2.33. The summed E-state index contributed by atoms with van der Waals surface area (Å²) < 4.78 is 11.5. The highest BCUT2D eigenvalue weighted by molar-refractivity contribution is 5.68. The average Bonchev–Trinajstić information content (AvgIpc) is 2.53. The molecule has 1 atom stereocenters. The van der Waals surface area contributed by atoms with Crippen LogP contribution in [0.25, 0.3) is 0 Å². The molecule has 0 bridgehead atoms. The summed E-state index contributed by atoms with van der Waals surface area (Å²) in [5.41, 5.74) is 1.94. The largest absolute Gasteiger partial charge is 0.494 e. The second-order valence-electron chi connectivity index (χ2n) is 5.41. The first-order chi connectivity index (χ1) is 11.1. The predicted octanol–water partition coefficient (Wildman–Crippen LogP) is 4.24. The van der Waals surface area contributed by atoms with Crippen LogP contribution in [0.4, 0.5) is 0 Å². The normalized spacial score (nSPS) is 11.7. The molecule has 0 heterocycles. The van der Waals surface area contributed by atoms with Gasteiger partial charge in [0, 0.05) is 6.07 Å². The van der Waals surface area contributed by atoms with Gasteiger partial charge in [-0.1, -0.05) is 43.3 Å². The molecule has 1 unspecified atom stereocenters. The number of carboxylic acids is 1. The molecule has 0 aliphatic heterocycles. The van der Waals surface area contributed by atoms with Crippen molar-refractivity contribution in [3.05, 3.63) is 59.7 Å². The quantitative estimate of drug-likeness (QED) is 0.791. The first kappa shape index (κ1) is 16.9. The Morgan fingerprint density at radius 2 is 1.87 bits per heavy atom. The lowest BCUT2D eigenvalue weighted by molar-refractivity contribution is -0.137. The van der Waals surface area contributed by atoms with E-state index in [1.807, 2.05) is 62.4 Å². The number of carbonyl (C=O) groups is 1. The van der Waals surface area contributed by atoms with E-state index in [4.69, 9.17) is 14.6 Å². The van der Waals surface area contributed by atoms with Crippen molar-refractivity contribution in [3.63, 3.8) is 0 Å². The van der Waals surface area contributed by atoms with E-state index in [1.165, 1.54) is 0 Å². The zero-order valence-corrected chi connectivity index (χ0v) is 13.5. The average molecular weight is 314 g/mol. The maximum atomic E-state index is 11.0. The fourth-order valence-corrected chi connectivity index (χ4v) is 2.41. The summed E-state index contributed by atoms with van der Waals surface area (Å²) >= 11 is 0. The maximum Gasteiger partial charge on any atom is 0.303 e. The van der Waals surface area contributed by atoms with Crippen molar-refractivity contribution in [2.75, 3.05) is 6.61 Å². The van der Waals surface area contributed by atoms with Gasteiger partial charge in [0.15, 0.2) is 0 Å². The van der Waals surface area contributed by atoms with E-state index in [2.05, 4.69) is 0 Å². The van der Waals surface area contributed by atoms with E-state index in [0.29, 0.717) is 19.0 Å². The first-order valence-electron chi connectivity index (χ1n) is 7.75. The van der Waals surface area contributed by atoms with Crippen LogP contribution in [-0.2, 0) is 11.4 Å². The van der Waals surface area contributed by atoms with Gasteiger partial charge in [-0.05, 0) is 30.0 Å². The molecule has 23 heavy (non-hydrogen) atoms. The number of benzene rings is 2. The lowest BCUT2D eigenvalue weighted by Gasteiger charge is -2.17. The molecule has 2 rings (SSSR count). The van der Waals surface area contributed by atoms with E-state index in [9.17, 15) is 4.79 Å². The number of carboxylic acid groups (broad SMARTS) is 1. The number of hydrogen-bond acceptors (Lipinski definition) is 3. The van der Waals surface area contributed by atoms with Crippen LogP contribution in [0.3, 0.4) is 0 Å². The lowest BCUT2D eigenvalue weighted by atomic mass is 9.96. The molecule has 122 valence electrons. The molecular formula is C19H22O4. The van der Waals surface area contributed by atoms with Gasteiger partial charge in [-0.2, -0.15) is 0 Å². The third kappa shape index (κ3) is 5.02. The van der Waals surface area contributed by atoms with E-state index >= 15 is 0 Å². The zero-order chi connectivity index (χ0) is 16.7. The minimum absolute atomic E-state index is 0.0652. The second kappa shape index (κ2) is 8.22. The van der Waals surface area contributed by atoms with Crippen molar-refractivity contribution in [1.29, 1.82) is 0 Å². The SMILES string of the molecule is CCOc1ccc(C(C)CC(=O)O)c(OCc2ccccc2)c1. The molecule has 0 aromatic heterocycles. The molecule has 4 heteroatoms. The van der Waals surface area contributed by atoms with Gasteiger partial charge in [-0.3, -0.25) is 4.79 Å². The molecule has 0 spiro atoms. The van der Waals surface area contributed by atoms with Crippen molar-refractivity contribution in [2.24, 2.45) is 0 Å². The Hall–Kier alpha value is -2.49. The predicted molar refractivity (Wildman–Crippen MR) is 89.1 cm³/mol. The van der Waals surface area contributed by atoms with Crippen LogP contribution < -0.4 is 9.47 Å². The molecule has 0 radical (unpaired) electrons. The number of ether oxygens (including phenoxy) is 2. The Labute approximate surface area is 136 Å². The van der Waals surface area contributed by atoms with Crippen molar-refractivity contribution < 1.29 is 19.4 Å². The second-order valence-corrected chi connectivity index (χ2v) is 5.41. The summed E-state index contributed by atoms with van der Waals surface area (Å²) in [5.74, 6) is 0.449. The molecular weight excluding hydrogens is 292 g/mol. The number of aliphatic carboxylic acids is 1. The number of hydrogen-bond donors (Lipinski definition) is 1. The van der Waals surface area contributed by atoms with Crippen LogP contribution >= 0.6 is 0 Å². The summed E-state index contributed by atoms with van der Waals surface area (Å²) in [5, 5.41) is 9.02. The van der Waals surface area contributed by atoms with Crippen molar-refractivity contribution in [1.82, 2.24) is 0 Å². The van der Waals surface area contributed by atoms with Crippen molar-refractivity contribution in [2.45, 2.75) is 32.8 Å². The Kier molecular flexibility index (Phi) is 6.03. The highest BCUT2D eigenvalue weighted by Gasteiger charge is 2.16. The Morgan fingerprint density at radius 3 is 2.52 bits per heavy atom. The van der Waals surface area contributed by atoms with Crippen LogP contribution in [0.15, 0.2) is 48.5 Å². The van der Waals surface area contributed by atoms with Crippen molar-refractivity contribution >= 4 is 5.97 Å². The lowest BCUT2D eigenvalue weighted by Crippen LogP contribution is -2.06. The smallest absolute Gasteiger partial charge is 0.303 e. The summed E-state index contributed by atoms with van der Waals surface area (Å²) in [4.78, 5) is 11.0.